The third-order valence-corrected chi connectivity index (χ3v) is 4.05. The Hall–Kier alpha value is -1.88. The molecule has 4 nitrogen and oxygen atoms in total. The number of nitrogens with two attached hydrogens (primary N) is 1. The molecule has 0 radical (unpaired) electrons. The highest BCUT2D eigenvalue weighted by Crippen LogP contribution is 2.21. The molecule has 2 heterocycles. The highest BCUT2D eigenvalue weighted by atomic mass is 32.1. The lowest BCUT2D eigenvalue weighted by Crippen LogP contribution is -2.04. The molecule has 18 heavy (non-hydrogen) atoms. The second-order valence-electron chi connectivity index (χ2n) is 4.12. The van der Waals surface area contributed by atoms with Crippen LogP contribution in [0.1, 0.15) is 16.8 Å². The molecule has 2 N–H and O–H groups in total. The van der Waals surface area contributed by atoms with Crippen molar-refractivity contribution in [3.63, 3.8) is 0 Å². The zero-order chi connectivity index (χ0) is 12.5. The highest BCUT2D eigenvalue weighted by molar-refractivity contribution is 7.11. The number of hydrogen-bond donors (Lipinski definition) is 1. The summed E-state index contributed by atoms with van der Waals surface area (Å²) in [5, 5.41) is 1.07. The van der Waals surface area contributed by atoms with E-state index < -0.39 is 0 Å². The Labute approximate surface area is 109 Å². The molecule has 5 heteroatoms. The topological polar surface area (TPSA) is 56.7 Å². The molecular formula is C13H14N4S. The molecule has 0 spiro atoms. The van der Waals surface area contributed by atoms with E-state index in [1.807, 2.05) is 35.0 Å². The molecule has 0 saturated heterocycles. The maximum atomic E-state index is 5.97. The van der Waals surface area contributed by atoms with E-state index in [1.54, 1.807) is 11.3 Å². The molecule has 2 aromatic heterocycles. The summed E-state index contributed by atoms with van der Waals surface area (Å²) in [6.45, 7) is 2.83. The Kier molecular flexibility index (Phi) is 2.76. The van der Waals surface area contributed by atoms with Gasteiger partial charge in [0.25, 0.3) is 0 Å². The third kappa shape index (κ3) is 1.86. The third-order valence-electron chi connectivity index (χ3n) is 2.93. The first-order chi connectivity index (χ1) is 8.78. The van der Waals surface area contributed by atoms with Crippen molar-refractivity contribution >= 4 is 28.3 Å². The van der Waals surface area contributed by atoms with Gasteiger partial charge in [-0.2, -0.15) is 0 Å². The van der Waals surface area contributed by atoms with E-state index in [1.165, 1.54) is 4.88 Å². The van der Waals surface area contributed by atoms with Crippen LogP contribution in [0.3, 0.4) is 0 Å². The minimum Gasteiger partial charge on any atom is -0.369 e. The van der Waals surface area contributed by atoms with Gasteiger partial charge in [0.2, 0.25) is 5.95 Å². The van der Waals surface area contributed by atoms with Gasteiger partial charge in [0.05, 0.1) is 17.6 Å². The summed E-state index contributed by atoms with van der Waals surface area (Å²) < 4.78 is 2.01. The van der Waals surface area contributed by atoms with Gasteiger partial charge in [0.1, 0.15) is 5.01 Å². The molecule has 0 aliphatic rings. The first kappa shape index (κ1) is 11.2. The van der Waals surface area contributed by atoms with Crippen LogP contribution < -0.4 is 5.73 Å². The van der Waals surface area contributed by atoms with E-state index >= 15 is 0 Å². The standard InChI is InChI=1S/C13H14N4S/c1-2-9-7-15-12(18-9)8-17-11-6-4-3-5-10(11)16-13(17)14/h3-7H,2,8H2,1H3,(H2,14,16). The fraction of sp³-hybridized carbons (Fsp3) is 0.231. The van der Waals surface area contributed by atoms with Gasteiger partial charge in [-0.15, -0.1) is 11.3 Å². The van der Waals surface area contributed by atoms with E-state index in [4.69, 9.17) is 5.73 Å². The van der Waals surface area contributed by atoms with Crippen molar-refractivity contribution in [3.05, 3.63) is 40.3 Å². The normalized spacial score (nSPS) is 11.2. The Bertz CT molecular complexity index is 683. The number of aromatic nitrogens is 3. The number of para-hydroxylation sites is 2. The predicted molar refractivity (Wildman–Crippen MR) is 74.7 cm³/mol. The molecule has 0 fully saturated rings. The number of benzene rings is 1. The first-order valence-electron chi connectivity index (χ1n) is 5.92. The van der Waals surface area contributed by atoms with Gasteiger partial charge < -0.3 is 10.3 Å². The average Bonchev–Trinajstić information content (AvgIpc) is 2.96. The molecule has 0 bridgehead atoms. The van der Waals surface area contributed by atoms with Gasteiger partial charge in [0.15, 0.2) is 0 Å². The van der Waals surface area contributed by atoms with Gasteiger partial charge >= 0.3 is 0 Å². The molecule has 1 aromatic carbocycles. The largest absolute Gasteiger partial charge is 0.369 e. The quantitative estimate of drug-likeness (QED) is 0.785. The number of anilines is 1. The number of thiazole rings is 1. The van der Waals surface area contributed by atoms with Crippen molar-refractivity contribution in [1.82, 2.24) is 14.5 Å². The summed E-state index contributed by atoms with van der Waals surface area (Å²) in [5.74, 6) is 0.546. The summed E-state index contributed by atoms with van der Waals surface area (Å²) in [6, 6.07) is 7.98. The van der Waals surface area contributed by atoms with Gasteiger partial charge in [-0.25, -0.2) is 9.97 Å². The van der Waals surface area contributed by atoms with Crippen LogP contribution in [0.4, 0.5) is 5.95 Å². The van der Waals surface area contributed by atoms with Gasteiger partial charge in [-0.3, -0.25) is 0 Å². The van der Waals surface area contributed by atoms with Gasteiger partial charge in [-0.1, -0.05) is 19.1 Å². The SMILES string of the molecule is CCc1cnc(Cn2c(N)nc3ccccc32)s1. The lowest BCUT2D eigenvalue weighted by molar-refractivity contribution is 0.829. The zero-order valence-electron chi connectivity index (χ0n) is 10.1. The molecule has 0 unspecified atom stereocenters. The van der Waals surface area contributed by atoms with Crippen LogP contribution in [-0.2, 0) is 13.0 Å². The van der Waals surface area contributed by atoms with E-state index in [2.05, 4.69) is 16.9 Å². The molecule has 0 aliphatic carbocycles. The maximum absolute atomic E-state index is 5.97. The molecule has 0 saturated carbocycles. The number of imidazole rings is 1. The molecule has 0 amide bonds. The second kappa shape index (κ2) is 4.42. The van der Waals surface area contributed by atoms with Crippen LogP contribution in [0, 0.1) is 0 Å². The number of hydrogen-bond acceptors (Lipinski definition) is 4. The second-order valence-corrected chi connectivity index (χ2v) is 5.32. The minimum absolute atomic E-state index is 0.546. The number of aryl methyl sites for hydroxylation is 1. The van der Waals surface area contributed by atoms with Crippen LogP contribution in [0.5, 0.6) is 0 Å². The van der Waals surface area contributed by atoms with Crippen LogP contribution in [0.15, 0.2) is 30.5 Å². The van der Waals surface area contributed by atoms with Crippen molar-refractivity contribution in [2.24, 2.45) is 0 Å². The summed E-state index contributed by atoms with van der Waals surface area (Å²) >= 11 is 1.73. The number of fused-ring (bicyclic) bond motifs is 1. The smallest absolute Gasteiger partial charge is 0.201 e. The van der Waals surface area contributed by atoms with Crippen molar-refractivity contribution in [2.45, 2.75) is 19.9 Å². The molecule has 3 aromatic rings. The highest BCUT2D eigenvalue weighted by Gasteiger charge is 2.09. The van der Waals surface area contributed by atoms with Gasteiger partial charge in [0, 0.05) is 11.1 Å². The summed E-state index contributed by atoms with van der Waals surface area (Å²) in [6.07, 6.45) is 2.97. The van der Waals surface area contributed by atoms with E-state index in [0.717, 1.165) is 22.5 Å². The van der Waals surface area contributed by atoms with E-state index in [0.29, 0.717) is 12.5 Å². The fourth-order valence-corrected chi connectivity index (χ4v) is 2.83. The predicted octanol–water partition coefficient (Wildman–Crippen LogP) is 2.69. The van der Waals surface area contributed by atoms with Crippen molar-refractivity contribution < 1.29 is 0 Å². The number of nitrogen functional groups attached to an aromatic ring is 1. The monoisotopic (exact) mass is 258 g/mol. The van der Waals surface area contributed by atoms with E-state index in [9.17, 15) is 0 Å². The first-order valence-corrected chi connectivity index (χ1v) is 6.74. The zero-order valence-corrected chi connectivity index (χ0v) is 10.9. The van der Waals surface area contributed by atoms with Crippen LogP contribution in [0.25, 0.3) is 11.0 Å². The Morgan fingerprint density at radius 2 is 2.17 bits per heavy atom. The fourth-order valence-electron chi connectivity index (χ4n) is 1.98. The van der Waals surface area contributed by atoms with Gasteiger partial charge in [-0.05, 0) is 18.6 Å². The number of nitrogens with zero attached hydrogens (tertiary/aromatic N) is 3. The molecular weight excluding hydrogens is 244 g/mol. The summed E-state index contributed by atoms with van der Waals surface area (Å²) in [5.41, 5.74) is 7.96. The molecule has 0 aliphatic heterocycles. The number of rotatable bonds is 3. The van der Waals surface area contributed by atoms with Crippen molar-refractivity contribution in [2.75, 3.05) is 5.73 Å². The maximum Gasteiger partial charge on any atom is 0.201 e. The Balaban J connectivity index is 2.01. The Morgan fingerprint density at radius 3 is 2.94 bits per heavy atom. The van der Waals surface area contributed by atoms with E-state index in [-0.39, 0.29) is 0 Å². The Morgan fingerprint density at radius 1 is 1.33 bits per heavy atom. The summed E-state index contributed by atoms with van der Waals surface area (Å²) in [7, 11) is 0. The molecule has 3 rings (SSSR count). The van der Waals surface area contributed by atoms with Crippen molar-refractivity contribution in [1.29, 1.82) is 0 Å². The molecule has 92 valence electrons. The molecule has 0 atom stereocenters. The lowest BCUT2D eigenvalue weighted by Gasteiger charge is -2.03. The van der Waals surface area contributed by atoms with Crippen LogP contribution in [0.2, 0.25) is 0 Å². The van der Waals surface area contributed by atoms with Crippen molar-refractivity contribution in [3.8, 4) is 0 Å². The lowest BCUT2D eigenvalue weighted by atomic mass is 10.3. The minimum atomic E-state index is 0.546. The van der Waals surface area contributed by atoms with Crippen LogP contribution in [-0.4, -0.2) is 14.5 Å². The average molecular weight is 258 g/mol. The van der Waals surface area contributed by atoms with Crippen LogP contribution >= 0.6 is 11.3 Å². The summed E-state index contributed by atoms with van der Waals surface area (Å²) in [4.78, 5) is 10.1.